The molecule has 5 heteroatoms. The summed E-state index contributed by atoms with van der Waals surface area (Å²) in [6.07, 6.45) is 18.6. The molecule has 0 aliphatic heterocycles. The first-order valence-corrected chi connectivity index (χ1v) is 9.27. The van der Waals surface area contributed by atoms with Gasteiger partial charge < -0.3 is 29.9 Å². The summed E-state index contributed by atoms with van der Waals surface area (Å²) in [7, 11) is -0.668. The molecule has 0 atom stereocenters. The van der Waals surface area contributed by atoms with Crippen LogP contribution in [0.1, 0.15) is 25.7 Å². The second-order valence-corrected chi connectivity index (χ2v) is 7.40. The maximum absolute atomic E-state index is 8.71. The molecule has 0 unspecified atom stereocenters. The first-order valence-electron chi connectivity index (χ1n) is 6.38. The zero-order chi connectivity index (χ0) is 12.5. The zero-order valence-electron chi connectivity index (χ0n) is 12.1. The van der Waals surface area contributed by atoms with Gasteiger partial charge in [0.1, 0.15) is 0 Å². The molecule has 0 spiro atoms. The van der Waals surface area contributed by atoms with E-state index in [2.05, 4.69) is 37.4 Å². The third-order valence-electron chi connectivity index (χ3n) is 2.75. The van der Waals surface area contributed by atoms with Crippen LogP contribution in [0.5, 0.6) is 0 Å². The summed E-state index contributed by atoms with van der Waals surface area (Å²) < 4.78 is 0. The maximum atomic E-state index is 8.71. The quantitative estimate of drug-likeness (QED) is 0.393. The summed E-state index contributed by atoms with van der Waals surface area (Å²) >= 11 is 0. The zero-order valence-corrected chi connectivity index (χ0v) is 17.3. The van der Waals surface area contributed by atoms with Crippen molar-refractivity contribution in [1.82, 2.24) is 0 Å². The van der Waals surface area contributed by atoms with Crippen molar-refractivity contribution in [2.75, 3.05) is 6.61 Å². The fraction of sp³-hybridized carbons (Fsp3) is 0.467. The summed E-state index contributed by atoms with van der Waals surface area (Å²) in [5, 5.41) is 10.2. The van der Waals surface area contributed by atoms with E-state index in [4.69, 9.17) is 5.11 Å². The van der Waals surface area contributed by atoms with Gasteiger partial charge in [0.05, 0.1) is 0 Å². The van der Waals surface area contributed by atoms with E-state index >= 15 is 0 Å². The monoisotopic (exact) mass is 406 g/mol. The van der Waals surface area contributed by atoms with Crippen molar-refractivity contribution in [2.45, 2.75) is 38.8 Å². The van der Waals surface area contributed by atoms with Crippen LogP contribution in [0.4, 0.5) is 0 Å². The Hall–Kier alpha value is 0.600. The van der Waals surface area contributed by atoms with Crippen molar-refractivity contribution in [3.05, 3.63) is 47.2 Å². The average molecular weight is 409 g/mol. The number of aliphatic hydroxyl groups is 1. The molecule has 0 saturated heterocycles. The molecular formula is C15H22Cl2OSiZr. The molecule has 0 aromatic heterocycles. The Morgan fingerprint density at radius 2 is 1.95 bits per heavy atom. The van der Waals surface area contributed by atoms with Crippen molar-refractivity contribution >= 4 is 8.80 Å². The number of halogens is 2. The van der Waals surface area contributed by atoms with Crippen LogP contribution in [-0.4, -0.2) is 20.5 Å². The molecule has 0 heterocycles. The van der Waals surface area contributed by atoms with Gasteiger partial charge in [0.25, 0.3) is 0 Å². The third kappa shape index (κ3) is 10.3. The molecule has 2 rings (SSSR count). The Morgan fingerprint density at radius 3 is 2.35 bits per heavy atom. The SMILES string of the molecule is C[SiH](C)C1=[C-]CC=C1CCCO.[C-]1=CC=CC1.[Cl-].[Cl-].[Zr+4]. The largest absolute Gasteiger partial charge is 4.00 e. The molecule has 110 valence electrons. The van der Waals surface area contributed by atoms with Gasteiger partial charge in [0, 0.05) is 15.4 Å². The standard InChI is InChI=1S/C10H17OSi.C5H5.2ClH.Zr/c1-12(2)10-7-3-5-9(10)6-4-8-11;1-2-4-5-3-1;;;/h5,11-12H,3-4,6,8H2,1-2H3;1-3H,4H2;2*1H;/q2*-1;;;+4/p-2. The van der Waals surface area contributed by atoms with E-state index in [0.29, 0.717) is 6.61 Å². The van der Waals surface area contributed by atoms with E-state index in [1.807, 2.05) is 12.2 Å². The topological polar surface area (TPSA) is 20.2 Å². The van der Waals surface area contributed by atoms with Crippen molar-refractivity contribution in [3.63, 3.8) is 0 Å². The number of rotatable bonds is 4. The molecule has 2 aliphatic rings. The first kappa shape index (κ1) is 25.5. The van der Waals surface area contributed by atoms with Gasteiger partial charge in [-0.3, -0.25) is 12.2 Å². The average Bonchev–Trinajstić information content (AvgIpc) is 2.99. The van der Waals surface area contributed by atoms with Gasteiger partial charge in [-0.25, -0.2) is 22.9 Å². The number of hydrogen-bond acceptors (Lipinski definition) is 1. The van der Waals surface area contributed by atoms with Gasteiger partial charge in [-0.15, -0.1) is 12.8 Å². The Kier molecular flexibility index (Phi) is 20.4. The molecule has 0 saturated carbocycles. The van der Waals surface area contributed by atoms with Crippen molar-refractivity contribution in [1.29, 1.82) is 0 Å². The minimum atomic E-state index is -0.668. The third-order valence-corrected chi connectivity index (χ3v) is 4.48. The van der Waals surface area contributed by atoms with Crippen LogP contribution in [0.3, 0.4) is 0 Å². The smallest absolute Gasteiger partial charge is 1.00 e. The molecule has 1 nitrogen and oxygen atoms in total. The molecule has 2 aliphatic carbocycles. The Bertz CT molecular complexity index is 340. The van der Waals surface area contributed by atoms with E-state index in [1.165, 1.54) is 10.8 Å². The van der Waals surface area contributed by atoms with Crippen LogP contribution >= 0.6 is 0 Å². The van der Waals surface area contributed by atoms with Crippen molar-refractivity contribution < 1.29 is 56.1 Å². The van der Waals surface area contributed by atoms with Crippen molar-refractivity contribution in [2.24, 2.45) is 0 Å². The van der Waals surface area contributed by atoms with Crippen LogP contribution in [-0.2, 0) is 26.2 Å². The Labute approximate surface area is 156 Å². The van der Waals surface area contributed by atoms with Gasteiger partial charge >= 0.3 is 26.2 Å². The Morgan fingerprint density at radius 1 is 1.25 bits per heavy atom. The van der Waals surface area contributed by atoms with Gasteiger partial charge in [-0.2, -0.15) is 12.2 Å². The molecule has 0 bridgehead atoms. The first-order chi connectivity index (χ1) is 8.25. The predicted molar refractivity (Wildman–Crippen MR) is 76.2 cm³/mol. The molecular weight excluding hydrogens is 386 g/mol. The van der Waals surface area contributed by atoms with Gasteiger partial charge in [-0.1, -0.05) is 19.5 Å². The fourth-order valence-corrected chi connectivity index (χ4v) is 3.46. The molecule has 0 aromatic carbocycles. The molecule has 0 radical (unpaired) electrons. The van der Waals surface area contributed by atoms with E-state index in [-0.39, 0.29) is 51.0 Å². The van der Waals surface area contributed by atoms with Gasteiger partial charge in [0.2, 0.25) is 0 Å². The Balaban J connectivity index is -0.000000312. The summed E-state index contributed by atoms with van der Waals surface area (Å²) in [6.45, 7) is 4.98. The van der Waals surface area contributed by atoms with E-state index in [9.17, 15) is 0 Å². The summed E-state index contributed by atoms with van der Waals surface area (Å²) in [5.41, 5.74) is 1.46. The number of aliphatic hydroxyl groups excluding tert-OH is 1. The van der Waals surface area contributed by atoms with Crippen LogP contribution < -0.4 is 24.8 Å². The van der Waals surface area contributed by atoms with E-state index in [1.54, 1.807) is 0 Å². The fourth-order valence-electron chi connectivity index (χ4n) is 1.93. The number of allylic oxidation sites excluding steroid dienone is 8. The molecule has 0 fully saturated rings. The summed E-state index contributed by atoms with van der Waals surface area (Å²) in [4.78, 5) is 0. The molecule has 1 N–H and O–H groups in total. The second-order valence-electron chi connectivity index (χ2n) is 4.51. The van der Waals surface area contributed by atoms with Crippen LogP contribution in [0.25, 0.3) is 0 Å². The van der Waals surface area contributed by atoms with Crippen LogP contribution in [0.15, 0.2) is 35.1 Å². The summed E-state index contributed by atoms with van der Waals surface area (Å²) in [5.74, 6) is 0. The predicted octanol–water partition coefficient (Wildman–Crippen LogP) is -2.84. The van der Waals surface area contributed by atoms with Crippen molar-refractivity contribution in [3.8, 4) is 0 Å². The molecule has 0 aromatic rings. The van der Waals surface area contributed by atoms with Gasteiger partial charge in [-0.05, 0) is 6.42 Å². The summed E-state index contributed by atoms with van der Waals surface area (Å²) in [6, 6.07) is 0. The van der Waals surface area contributed by atoms with E-state index in [0.717, 1.165) is 25.7 Å². The normalized spacial score (nSPS) is 14.4. The van der Waals surface area contributed by atoms with Crippen LogP contribution in [0, 0.1) is 12.2 Å². The number of hydrogen-bond donors (Lipinski definition) is 1. The minimum Gasteiger partial charge on any atom is -1.00 e. The van der Waals surface area contributed by atoms with Gasteiger partial charge in [0.15, 0.2) is 0 Å². The minimum absolute atomic E-state index is 0. The molecule has 20 heavy (non-hydrogen) atoms. The maximum Gasteiger partial charge on any atom is 4.00 e. The van der Waals surface area contributed by atoms with Crippen LogP contribution in [0.2, 0.25) is 13.1 Å². The van der Waals surface area contributed by atoms with E-state index < -0.39 is 8.80 Å². The molecule has 0 amide bonds. The second kappa shape index (κ2) is 16.0.